The number of benzene rings is 2. The normalized spacial score (nSPS) is 17.0. The van der Waals surface area contributed by atoms with Gasteiger partial charge in [-0.2, -0.15) is 4.99 Å². The summed E-state index contributed by atoms with van der Waals surface area (Å²) in [5, 5.41) is 11.6. The monoisotopic (exact) mass is 552 g/mol. The van der Waals surface area contributed by atoms with Gasteiger partial charge < -0.3 is 25.4 Å². The number of carbonyl (C=O) groups excluding carboxylic acids is 1. The number of benzodiazepines with no additional fused rings is 1. The average molecular weight is 553 g/mol. The Hall–Kier alpha value is -5.03. The molecule has 4 N–H and O–H groups in total. The van der Waals surface area contributed by atoms with Crippen LogP contribution >= 0.6 is 0 Å². The van der Waals surface area contributed by atoms with Crippen LogP contribution in [0.15, 0.2) is 89.0 Å². The van der Waals surface area contributed by atoms with Crippen LogP contribution in [0, 0.1) is 5.41 Å². The number of hydrogen-bond donors (Lipinski definition) is 3. The lowest BCUT2D eigenvalue weighted by Crippen LogP contribution is -2.38. The van der Waals surface area contributed by atoms with Crippen molar-refractivity contribution in [2.75, 3.05) is 36.5 Å². The van der Waals surface area contributed by atoms with E-state index in [1.54, 1.807) is 0 Å². The number of aliphatic imine (C=N–C) groups is 2. The second-order valence-electron chi connectivity index (χ2n) is 8.96. The molecule has 1 saturated heterocycles. The number of pyridine rings is 1. The van der Waals surface area contributed by atoms with E-state index < -0.39 is 12.1 Å². The maximum atomic E-state index is 13.1. The number of imidazole rings is 1. The summed E-state index contributed by atoms with van der Waals surface area (Å²) >= 11 is 0. The number of anilines is 2. The maximum absolute atomic E-state index is 13.1. The maximum Gasteiger partial charge on any atom is 0.291 e. The second-order valence-corrected chi connectivity index (χ2v) is 8.96. The average Bonchev–Trinajstić information content (AvgIpc) is 3.35. The number of morpholine rings is 1. The zero-order chi connectivity index (χ0) is 28.8. The third-order valence-electron chi connectivity index (χ3n) is 6.46. The Morgan fingerprint density at radius 1 is 1.05 bits per heavy atom. The topological polar surface area (TPSA) is 143 Å². The smallest absolute Gasteiger partial charge is 0.291 e. The molecule has 0 aliphatic carbocycles. The highest BCUT2D eigenvalue weighted by molar-refractivity contribution is 6.19. The van der Waals surface area contributed by atoms with Gasteiger partial charge in [0.25, 0.3) is 11.9 Å². The van der Waals surface area contributed by atoms with Crippen molar-refractivity contribution >= 4 is 40.7 Å². The number of hydrogen-bond acceptors (Lipinski definition) is 8. The molecular weight excluding hydrogens is 520 g/mol. The largest absolute Gasteiger partial charge is 0.405 e. The molecule has 1 amide bonds. The van der Waals surface area contributed by atoms with Crippen LogP contribution in [0.25, 0.3) is 5.65 Å². The van der Waals surface area contributed by atoms with Crippen molar-refractivity contribution in [3.05, 3.63) is 95.8 Å². The fraction of sp³-hybridized carbons (Fsp3) is 0.233. The van der Waals surface area contributed by atoms with E-state index in [-0.39, 0.29) is 11.9 Å². The van der Waals surface area contributed by atoms with Gasteiger partial charge in [0.2, 0.25) is 12.1 Å². The molecule has 0 bridgehead atoms. The predicted octanol–water partition coefficient (Wildman–Crippen LogP) is 3.67. The first kappa shape index (κ1) is 27.5. The van der Waals surface area contributed by atoms with Crippen molar-refractivity contribution in [3.8, 4) is 0 Å². The fourth-order valence-corrected chi connectivity index (χ4v) is 4.67. The van der Waals surface area contributed by atoms with E-state index in [4.69, 9.17) is 20.6 Å². The van der Waals surface area contributed by atoms with Crippen LogP contribution in [-0.4, -0.2) is 65.4 Å². The Morgan fingerprint density at radius 3 is 2.54 bits per heavy atom. The molecular formula is C30H32N8O3. The molecule has 2 aliphatic heterocycles. The highest BCUT2D eigenvalue weighted by Gasteiger charge is 2.28. The van der Waals surface area contributed by atoms with E-state index in [0.717, 1.165) is 11.1 Å². The molecule has 41 heavy (non-hydrogen) atoms. The third-order valence-corrected chi connectivity index (χ3v) is 6.46. The highest BCUT2D eigenvalue weighted by atomic mass is 16.5. The highest BCUT2D eigenvalue weighted by Crippen LogP contribution is 2.26. The summed E-state index contributed by atoms with van der Waals surface area (Å²) in [5.41, 5.74) is 9.92. The number of nitrogens with one attached hydrogen (secondary N) is 2. The molecule has 4 heterocycles. The quantitative estimate of drug-likeness (QED) is 0.260. The Balaban J connectivity index is 0.00000165. The van der Waals surface area contributed by atoms with E-state index in [1.165, 1.54) is 0 Å². The van der Waals surface area contributed by atoms with Crippen LogP contribution in [0.4, 0.5) is 11.5 Å². The van der Waals surface area contributed by atoms with E-state index in [9.17, 15) is 4.79 Å². The predicted molar refractivity (Wildman–Crippen MR) is 160 cm³/mol. The summed E-state index contributed by atoms with van der Waals surface area (Å²) in [6.07, 6.45) is 0.662. The molecule has 2 aromatic carbocycles. The summed E-state index contributed by atoms with van der Waals surface area (Å²) in [4.78, 5) is 28.7. The Morgan fingerprint density at radius 2 is 1.76 bits per heavy atom. The number of amidine groups is 1. The summed E-state index contributed by atoms with van der Waals surface area (Å²) in [5.74, 6) is -0.0436. The van der Waals surface area contributed by atoms with Crippen LogP contribution in [0.5, 0.6) is 0 Å². The summed E-state index contributed by atoms with van der Waals surface area (Å²) in [6.45, 7) is 6.43. The number of carbonyl (C=O) groups is 1. The number of nitrogens with two attached hydrogens (primary N) is 1. The molecule has 2 aliphatic rings. The number of rotatable bonds is 4. The Labute approximate surface area is 237 Å². The van der Waals surface area contributed by atoms with Crippen molar-refractivity contribution < 1.29 is 14.3 Å². The molecule has 0 radical (unpaired) electrons. The number of amides is 1. The molecule has 11 nitrogen and oxygen atoms in total. The number of para-hydroxylation sites is 1. The molecule has 11 heteroatoms. The third kappa shape index (κ3) is 5.80. The molecule has 1 atom stereocenters. The van der Waals surface area contributed by atoms with E-state index >= 15 is 0 Å². The van der Waals surface area contributed by atoms with Crippen LogP contribution in [-0.2, 0) is 14.3 Å². The first-order valence-electron chi connectivity index (χ1n) is 13.5. The van der Waals surface area contributed by atoms with Gasteiger partial charge in [-0.1, -0.05) is 68.4 Å². The standard InChI is InChI=1S/C28H26N8O3.C2H6/c29-24(23-27(35-14-16-38-17-15-35)36-13-7-6-12-21(36)32-23)39-28(30)34-25-26(37)31-20-11-5-4-10-19(20)22(33-25)18-8-2-1-3-9-18;1-2/h1-13,25,29H,14-17H2,(H2,30,34)(H,31,37);1-2H3. The molecule has 2 aromatic heterocycles. The minimum atomic E-state index is -1.22. The van der Waals surface area contributed by atoms with Crippen molar-refractivity contribution in [1.82, 2.24) is 9.38 Å². The SMILES string of the molecule is CC.N=C(O/C(N)=N/C1N=C(c2ccccc2)c2ccccc2NC1=O)c1nc2ccccn2c1N1CCOCC1. The van der Waals surface area contributed by atoms with Gasteiger partial charge in [-0.15, -0.1) is 0 Å². The van der Waals surface area contributed by atoms with Crippen molar-refractivity contribution in [2.24, 2.45) is 15.7 Å². The molecule has 1 unspecified atom stereocenters. The second kappa shape index (κ2) is 12.4. The van der Waals surface area contributed by atoms with E-state index in [2.05, 4.69) is 25.2 Å². The molecule has 6 rings (SSSR count). The van der Waals surface area contributed by atoms with Crippen LogP contribution < -0.4 is 16.0 Å². The van der Waals surface area contributed by atoms with Gasteiger partial charge in [0.05, 0.1) is 24.6 Å². The summed E-state index contributed by atoms with van der Waals surface area (Å²) in [7, 11) is 0. The Bertz CT molecular complexity index is 1610. The molecule has 210 valence electrons. The first-order chi connectivity index (χ1) is 20.1. The van der Waals surface area contributed by atoms with Gasteiger partial charge in [-0.05, 0) is 18.2 Å². The van der Waals surface area contributed by atoms with Gasteiger partial charge >= 0.3 is 0 Å². The summed E-state index contributed by atoms with van der Waals surface area (Å²) in [6, 6.07) is 22.2. The minimum absolute atomic E-state index is 0.286. The Kier molecular flexibility index (Phi) is 8.35. The van der Waals surface area contributed by atoms with Gasteiger partial charge in [0.1, 0.15) is 11.5 Å². The van der Waals surface area contributed by atoms with Gasteiger partial charge in [0.15, 0.2) is 5.69 Å². The molecule has 0 saturated carbocycles. The van der Waals surface area contributed by atoms with Crippen molar-refractivity contribution in [3.63, 3.8) is 0 Å². The van der Waals surface area contributed by atoms with Crippen LogP contribution in [0.1, 0.15) is 30.7 Å². The van der Waals surface area contributed by atoms with Gasteiger partial charge in [-0.25, -0.2) is 9.98 Å². The van der Waals surface area contributed by atoms with Crippen LogP contribution in [0.2, 0.25) is 0 Å². The fourth-order valence-electron chi connectivity index (χ4n) is 4.67. The number of fused-ring (bicyclic) bond motifs is 2. The van der Waals surface area contributed by atoms with Crippen molar-refractivity contribution in [1.29, 1.82) is 5.41 Å². The number of aromatic nitrogens is 2. The van der Waals surface area contributed by atoms with Crippen molar-refractivity contribution in [2.45, 2.75) is 20.0 Å². The first-order valence-corrected chi connectivity index (χ1v) is 13.5. The minimum Gasteiger partial charge on any atom is -0.405 e. The van der Waals surface area contributed by atoms with E-state index in [1.807, 2.05) is 97.2 Å². The van der Waals surface area contributed by atoms with Gasteiger partial charge in [-0.3, -0.25) is 14.6 Å². The lowest BCUT2D eigenvalue weighted by molar-refractivity contribution is -0.117. The lowest BCUT2D eigenvalue weighted by atomic mass is 10.0. The molecule has 4 aromatic rings. The molecule has 1 fully saturated rings. The number of ether oxygens (including phenoxy) is 2. The lowest BCUT2D eigenvalue weighted by Gasteiger charge is -2.28. The number of nitrogens with zero attached hydrogens (tertiary/aromatic N) is 5. The van der Waals surface area contributed by atoms with E-state index in [0.29, 0.717) is 54.9 Å². The van der Waals surface area contributed by atoms with Crippen LogP contribution in [0.3, 0.4) is 0 Å². The molecule has 0 spiro atoms. The summed E-state index contributed by atoms with van der Waals surface area (Å²) < 4.78 is 13.0. The van der Waals surface area contributed by atoms with Gasteiger partial charge in [0, 0.05) is 30.4 Å². The zero-order valence-corrected chi connectivity index (χ0v) is 22.9. The zero-order valence-electron chi connectivity index (χ0n) is 22.9.